The number of hydrogen-bond acceptors (Lipinski definition) is 3. The van der Waals surface area contributed by atoms with Gasteiger partial charge in [0.2, 0.25) is 10.0 Å². The molecule has 8 heteroatoms. The van der Waals surface area contributed by atoms with Gasteiger partial charge in [-0.25, -0.2) is 13.4 Å². The van der Waals surface area contributed by atoms with E-state index in [4.69, 9.17) is 23.2 Å². The van der Waals surface area contributed by atoms with E-state index in [2.05, 4.69) is 9.97 Å². The molecular formula is C16H13Cl2N3O2S. The summed E-state index contributed by atoms with van der Waals surface area (Å²) < 4.78 is 27.2. The maximum absolute atomic E-state index is 12.9. The van der Waals surface area contributed by atoms with Gasteiger partial charge in [0.15, 0.2) is 0 Å². The first-order valence-corrected chi connectivity index (χ1v) is 9.55. The minimum absolute atomic E-state index is 0.242. The molecule has 0 spiro atoms. The highest BCUT2D eigenvalue weighted by Gasteiger charge is 2.30. The molecule has 0 atom stereocenters. The predicted molar refractivity (Wildman–Crippen MR) is 93.9 cm³/mol. The lowest BCUT2D eigenvalue weighted by atomic mass is 10.1. The summed E-state index contributed by atoms with van der Waals surface area (Å²) in [7, 11) is -3.57. The zero-order valence-electron chi connectivity index (χ0n) is 12.5. The predicted octanol–water partition coefficient (Wildman–Crippen LogP) is 3.62. The number of aromatic nitrogens is 2. The zero-order chi connectivity index (χ0) is 16.9. The zero-order valence-corrected chi connectivity index (χ0v) is 14.8. The van der Waals surface area contributed by atoms with Gasteiger partial charge in [-0.3, -0.25) is 0 Å². The standard InChI is InChI=1S/C16H13Cl2N3O2S/c17-10-1-3-12(4-2-10)24(22,23)21-6-5-15-14(9-21)13-7-11(18)8-19-16(13)20-15/h1-4,7-8H,5-6,9H2,(H,19,20). The first kappa shape index (κ1) is 15.9. The normalized spacial score (nSPS) is 15.6. The minimum atomic E-state index is -3.57. The van der Waals surface area contributed by atoms with Gasteiger partial charge < -0.3 is 4.98 Å². The number of fused-ring (bicyclic) bond motifs is 3. The van der Waals surface area contributed by atoms with Gasteiger partial charge in [0.25, 0.3) is 0 Å². The molecule has 3 heterocycles. The van der Waals surface area contributed by atoms with E-state index in [1.54, 1.807) is 18.3 Å². The van der Waals surface area contributed by atoms with Crippen LogP contribution in [0.15, 0.2) is 41.4 Å². The lowest BCUT2D eigenvalue weighted by Gasteiger charge is -2.26. The first-order valence-electron chi connectivity index (χ1n) is 7.36. The van der Waals surface area contributed by atoms with E-state index >= 15 is 0 Å². The van der Waals surface area contributed by atoms with Crippen LogP contribution in [0.1, 0.15) is 11.3 Å². The van der Waals surface area contributed by atoms with Gasteiger partial charge in [0.1, 0.15) is 5.65 Å². The fourth-order valence-electron chi connectivity index (χ4n) is 3.00. The first-order chi connectivity index (χ1) is 11.4. The second-order valence-electron chi connectivity index (χ2n) is 5.67. The molecule has 0 amide bonds. The van der Waals surface area contributed by atoms with Gasteiger partial charge in [-0.15, -0.1) is 0 Å². The van der Waals surface area contributed by atoms with E-state index in [9.17, 15) is 8.42 Å². The van der Waals surface area contributed by atoms with Crippen LogP contribution < -0.4 is 0 Å². The summed E-state index contributed by atoms with van der Waals surface area (Å²) >= 11 is 11.9. The number of halogens is 2. The smallest absolute Gasteiger partial charge is 0.243 e. The number of nitrogens with zero attached hydrogens (tertiary/aromatic N) is 2. The molecule has 0 unspecified atom stereocenters. The third kappa shape index (κ3) is 2.59. The average molecular weight is 382 g/mol. The highest BCUT2D eigenvalue weighted by atomic mass is 35.5. The molecule has 2 aromatic heterocycles. The highest BCUT2D eigenvalue weighted by Crippen LogP contribution is 2.31. The summed E-state index contributed by atoms with van der Waals surface area (Å²) in [6.07, 6.45) is 2.18. The van der Waals surface area contributed by atoms with Crippen molar-refractivity contribution in [1.82, 2.24) is 14.3 Å². The fraction of sp³-hybridized carbons (Fsp3) is 0.188. The number of hydrogen-bond donors (Lipinski definition) is 1. The average Bonchev–Trinajstić information content (AvgIpc) is 2.92. The van der Waals surface area contributed by atoms with Crippen LogP contribution >= 0.6 is 23.2 Å². The fourth-order valence-corrected chi connectivity index (χ4v) is 4.69. The summed E-state index contributed by atoms with van der Waals surface area (Å²) in [6.45, 7) is 0.709. The lowest BCUT2D eigenvalue weighted by Crippen LogP contribution is -2.35. The van der Waals surface area contributed by atoms with Crippen LogP contribution in [-0.4, -0.2) is 29.2 Å². The Morgan fingerprint density at radius 3 is 2.62 bits per heavy atom. The largest absolute Gasteiger partial charge is 0.343 e. The molecule has 1 N–H and O–H groups in total. The number of benzene rings is 1. The van der Waals surface area contributed by atoms with E-state index < -0.39 is 10.0 Å². The summed E-state index contributed by atoms with van der Waals surface area (Å²) in [5.74, 6) is 0. The van der Waals surface area contributed by atoms with E-state index in [-0.39, 0.29) is 4.90 Å². The summed E-state index contributed by atoms with van der Waals surface area (Å²) in [4.78, 5) is 7.77. The Morgan fingerprint density at radius 2 is 1.88 bits per heavy atom. The maximum atomic E-state index is 12.9. The van der Waals surface area contributed by atoms with Crippen LogP contribution in [0.2, 0.25) is 10.0 Å². The second-order valence-corrected chi connectivity index (χ2v) is 8.49. The van der Waals surface area contributed by atoms with E-state index in [1.807, 2.05) is 6.07 Å². The Hall–Kier alpha value is -1.60. The van der Waals surface area contributed by atoms with Crippen molar-refractivity contribution in [3.63, 3.8) is 0 Å². The van der Waals surface area contributed by atoms with Crippen molar-refractivity contribution in [1.29, 1.82) is 0 Å². The van der Waals surface area contributed by atoms with E-state index in [0.29, 0.717) is 29.6 Å². The third-order valence-electron chi connectivity index (χ3n) is 4.21. The molecule has 0 radical (unpaired) electrons. The Morgan fingerprint density at radius 1 is 1.12 bits per heavy atom. The molecule has 1 aliphatic rings. The van der Waals surface area contributed by atoms with Crippen molar-refractivity contribution >= 4 is 44.3 Å². The Labute approximate surface area is 149 Å². The van der Waals surface area contributed by atoms with Gasteiger partial charge in [-0.2, -0.15) is 4.31 Å². The number of pyridine rings is 1. The molecule has 1 aromatic carbocycles. The third-order valence-corrected chi connectivity index (χ3v) is 6.53. The van der Waals surface area contributed by atoms with Crippen molar-refractivity contribution in [2.75, 3.05) is 6.54 Å². The molecule has 4 rings (SSSR count). The van der Waals surface area contributed by atoms with Gasteiger partial charge in [0.05, 0.1) is 9.92 Å². The van der Waals surface area contributed by atoms with Gasteiger partial charge in [0, 0.05) is 41.8 Å². The van der Waals surface area contributed by atoms with Crippen LogP contribution in [-0.2, 0) is 23.0 Å². The van der Waals surface area contributed by atoms with Crippen LogP contribution in [0, 0.1) is 0 Å². The van der Waals surface area contributed by atoms with Gasteiger partial charge >= 0.3 is 0 Å². The quantitative estimate of drug-likeness (QED) is 0.736. The molecule has 5 nitrogen and oxygen atoms in total. The molecule has 0 saturated carbocycles. The minimum Gasteiger partial charge on any atom is -0.343 e. The Kier molecular flexibility index (Phi) is 3.80. The van der Waals surface area contributed by atoms with E-state index in [1.165, 1.54) is 16.4 Å². The van der Waals surface area contributed by atoms with Crippen molar-refractivity contribution in [3.05, 3.63) is 57.8 Å². The molecule has 0 fully saturated rings. The SMILES string of the molecule is O=S(=O)(c1ccc(Cl)cc1)N1CCc2[nH]c3ncc(Cl)cc3c2C1. The summed E-state index contributed by atoms with van der Waals surface area (Å²) in [5, 5.41) is 1.91. The highest BCUT2D eigenvalue weighted by molar-refractivity contribution is 7.89. The van der Waals surface area contributed by atoms with Crippen molar-refractivity contribution < 1.29 is 8.42 Å². The van der Waals surface area contributed by atoms with Crippen LogP contribution in [0.25, 0.3) is 11.0 Å². The Balaban J connectivity index is 1.74. The molecule has 0 aliphatic carbocycles. The summed E-state index contributed by atoms with van der Waals surface area (Å²) in [5.41, 5.74) is 2.68. The van der Waals surface area contributed by atoms with Gasteiger partial charge in [-0.1, -0.05) is 23.2 Å². The van der Waals surface area contributed by atoms with Crippen molar-refractivity contribution in [2.24, 2.45) is 0 Å². The molecule has 3 aromatic rings. The molecular weight excluding hydrogens is 369 g/mol. The topological polar surface area (TPSA) is 66.1 Å². The summed E-state index contributed by atoms with van der Waals surface area (Å²) in [6, 6.07) is 8.04. The number of H-pyrrole nitrogens is 1. The second kappa shape index (κ2) is 5.74. The Bertz CT molecular complexity index is 1030. The molecule has 124 valence electrons. The number of nitrogens with one attached hydrogen (secondary N) is 1. The number of rotatable bonds is 2. The molecule has 1 aliphatic heterocycles. The van der Waals surface area contributed by atoms with Crippen molar-refractivity contribution in [2.45, 2.75) is 17.9 Å². The van der Waals surface area contributed by atoms with Crippen LogP contribution in [0.3, 0.4) is 0 Å². The van der Waals surface area contributed by atoms with Crippen LogP contribution in [0.5, 0.6) is 0 Å². The number of sulfonamides is 1. The molecule has 24 heavy (non-hydrogen) atoms. The maximum Gasteiger partial charge on any atom is 0.243 e. The molecule has 0 saturated heterocycles. The van der Waals surface area contributed by atoms with E-state index in [0.717, 1.165) is 22.3 Å². The molecule has 0 bridgehead atoms. The van der Waals surface area contributed by atoms with Crippen LogP contribution in [0.4, 0.5) is 0 Å². The number of aromatic amines is 1. The van der Waals surface area contributed by atoms with Gasteiger partial charge in [-0.05, 0) is 35.9 Å². The lowest BCUT2D eigenvalue weighted by molar-refractivity contribution is 0.391. The monoisotopic (exact) mass is 381 g/mol. The van der Waals surface area contributed by atoms with Crippen molar-refractivity contribution in [3.8, 4) is 0 Å².